The van der Waals surface area contributed by atoms with Crippen LogP contribution in [0.5, 0.6) is 0 Å². The zero-order chi connectivity index (χ0) is 14.4. The number of nitrogens with zero attached hydrogens (tertiary/aromatic N) is 3. The van der Waals surface area contributed by atoms with Crippen LogP contribution in [0.25, 0.3) is 0 Å². The van der Waals surface area contributed by atoms with Gasteiger partial charge in [0, 0.05) is 36.6 Å². The van der Waals surface area contributed by atoms with Crippen molar-refractivity contribution in [3.05, 3.63) is 38.5 Å². The summed E-state index contributed by atoms with van der Waals surface area (Å²) in [5, 5.41) is 8.64. The van der Waals surface area contributed by atoms with E-state index in [1.807, 2.05) is 14.0 Å². The molecule has 2 aromatic heterocycles. The number of rotatable bonds is 5. The molecule has 21 heavy (non-hydrogen) atoms. The van der Waals surface area contributed by atoms with Crippen LogP contribution in [-0.2, 0) is 13.0 Å². The smallest absolute Gasteiger partial charge is 0.193 e. The molecule has 0 unspecified atom stereocenters. The maximum absolute atomic E-state index is 4.45. The van der Waals surface area contributed by atoms with E-state index >= 15 is 0 Å². The molecule has 116 valence electrons. The molecule has 0 amide bonds. The molecule has 0 fully saturated rings. The van der Waals surface area contributed by atoms with Gasteiger partial charge < -0.3 is 10.2 Å². The van der Waals surface area contributed by atoms with Crippen molar-refractivity contribution in [3.8, 4) is 0 Å². The number of aromatic nitrogens is 1. The van der Waals surface area contributed by atoms with Gasteiger partial charge in [0.1, 0.15) is 5.01 Å². The Labute approximate surface area is 151 Å². The van der Waals surface area contributed by atoms with Gasteiger partial charge in [-0.3, -0.25) is 4.99 Å². The highest BCUT2D eigenvalue weighted by molar-refractivity contribution is 14.0. The third-order valence-electron chi connectivity index (χ3n) is 2.91. The number of nitrogens with one attached hydrogen (secondary N) is 1. The lowest BCUT2D eigenvalue weighted by Gasteiger charge is -2.21. The van der Waals surface area contributed by atoms with Crippen molar-refractivity contribution in [2.24, 2.45) is 4.99 Å². The Balaban J connectivity index is 0.00000220. The highest BCUT2D eigenvalue weighted by atomic mass is 127. The second-order valence-electron chi connectivity index (χ2n) is 4.53. The fourth-order valence-corrected chi connectivity index (χ4v) is 3.27. The molecule has 0 atom stereocenters. The fraction of sp³-hybridized carbons (Fsp3) is 0.429. The molecule has 0 saturated heterocycles. The van der Waals surface area contributed by atoms with Crippen molar-refractivity contribution in [2.45, 2.75) is 19.9 Å². The van der Waals surface area contributed by atoms with E-state index in [-0.39, 0.29) is 24.0 Å². The van der Waals surface area contributed by atoms with E-state index in [1.165, 1.54) is 4.88 Å². The maximum Gasteiger partial charge on any atom is 0.193 e. The van der Waals surface area contributed by atoms with Crippen LogP contribution in [0.15, 0.2) is 27.9 Å². The fourth-order valence-electron chi connectivity index (χ4n) is 1.86. The third-order valence-corrected chi connectivity index (χ3v) is 4.81. The van der Waals surface area contributed by atoms with E-state index in [4.69, 9.17) is 0 Å². The largest absolute Gasteiger partial charge is 0.350 e. The van der Waals surface area contributed by atoms with E-state index in [0.29, 0.717) is 0 Å². The van der Waals surface area contributed by atoms with Gasteiger partial charge in [-0.25, -0.2) is 4.98 Å². The number of guanidine groups is 1. The van der Waals surface area contributed by atoms with Gasteiger partial charge in [0.25, 0.3) is 0 Å². The van der Waals surface area contributed by atoms with Crippen molar-refractivity contribution < 1.29 is 0 Å². The highest BCUT2D eigenvalue weighted by Crippen LogP contribution is 2.10. The molecule has 0 aliphatic heterocycles. The summed E-state index contributed by atoms with van der Waals surface area (Å²) in [7, 11) is 3.88. The van der Waals surface area contributed by atoms with Crippen LogP contribution in [0, 0.1) is 6.92 Å². The number of aliphatic imine (C=N–C) groups is 1. The standard InChI is InChI=1S/C14H20N4S2.HI/c1-11-10-20-13(17-11)9-16-14(15-2)18(3)7-6-12-5-4-8-19-12;/h4-5,8,10H,6-7,9H2,1-3H3,(H,15,16);1H. The Morgan fingerprint density at radius 2 is 2.24 bits per heavy atom. The van der Waals surface area contributed by atoms with Crippen LogP contribution in [0.2, 0.25) is 0 Å². The molecule has 7 heteroatoms. The number of thiazole rings is 1. The van der Waals surface area contributed by atoms with Crippen molar-refractivity contribution in [1.29, 1.82) is 0 Å². The zero-order valence-electron chi connectivity index (χ0n) is 12.5. The molecule has 0 radical (unpaired) electrons. The molecule has 2 heterocycles. The SMILES string of the molecule is CN=C(NCc1nc(C)cs1)N(C)CCc1cccs1.I. The number of halogens is 1. The van der Waals surface area contributed by atoms with Gasteiger partial charge >= 0.3 is 0 Å². The minimum Gasteiger partial charge on any atom is -0.350 e. The molecule has 2 rings (SSSR count). The molecular weight excluding hydrogens is 415 g/mol. The minimum atomic E-state index is 0. The predicted octanol–water partition coefficient (Wildman–Crippen LogP) is 3.38. The van der Waals surface area contributed by atoms with Gasteiger partial charge in [-0.1, -0.05) is 6.07 Å². The first-order chi connectivity index (χ1) is 9.69. The van der Waals surface area contributed by atoms with Crippen molar-refractivity contribution in [3.63, 3.8) is 0 Å². The summed E-state index contributed by atoms with van der Waals surface area (Å²) >= 11 is 3.48. The quantitative estimate of drug-likeness (QED) is 0.444. The number of likely N-dealkylation sites (N-methyl/N-ethyl adjacent to an activating group) is 1. The number of hydrogen-bond acceptors (Lipinski definition) is 4. The van der Waals surface area contributed by atoms with Gasteiger partial charge in [-0.05, 0) is 24.8 Å². The highest BCUT2D eigenvalue weighted by Gasteiger charge is 2.07. The first kappa shape index (κ1) is 18.4. The Hall–Kier alpha value is -0.670. The molecular formula is C14H21IN4S2. The summed E-state index contributed by atoms with van der Waals surface area (Å²) in [4.78, 5) is 12.3. The number of hydrogen-bond donors (Lipinski definition) is 1. The van der Waals surface area contributed by atoms with Gasteiger partial charge in [0.2, 0.25) is 0 Å². The van der Waals surface area contributed by atoms with Gasteiger partial charge in [-0.15, -0.1) is 46.7 Å². The molecule has 0 saturated carbocycles. The Kier molecular flexibility index (Phi) is 8.20. The average molecular weight is 436 g/mol. The lowest BCUT2D eigenvalue weighted by atomic mass is 10.3. The van der Waals surface area contributed by atoms with Gasteiger partial charge in [0.15, 0.2) is 5.96 Å². The first-order valence-electron chi connectivity index (χ1n) is 6.54. The Morgan fingerprint density at radius 1 is 1.43 bits per heavy atom. The van der Waals surface area contributed by atoms with E-state index in [2.05, 4.69) is 50.1 Å². The molecule has 0 bridgehead atoms. The number of thiophene rings is 1. The third kappa shape index (κ3) is 5.91. The predicted molar refractivity (Wildman–Crippen MR) is 103 cm³/mol. The van der Waals surface area contributed by atoms with E-state index in [1.54, 1.807) is 22.7 Å². The molecule has 0 spiro atoms. The Bertz CT molecular complexity index is 551. The summed E-state index contributed by atoms with van der Waals surface area (Å²) in [5.41, 5.74) is 1.08. The van der Waals surface area contributed by atoms with E-state index in [9.17, 15) is 0 Å². The topological polar surface area (TPSA) is 40.5 Å². The second kappa shape index (κ2) is 9.37. The molecule has 0 aliphatic carbocycles. The lowest BCUT2D eigenvalue weighted by Crippen LogP contribution is -2.39. The minimum absolute atomic E-state index is 0. The molecule has 1 N–H and O–H groups in total. The van der Waals surface area contributed by atoms with E-state index in [0.717, 1.165) is 36.2 Å². The van der Waals surface area contributed by atoms with Crippen molar-refractivity contribution >= 4 is 52.6 Å². The zero-order valence-corrected chi connectivity index (χ0v) is 16.5. The molecule has 2 aromatic rings. The van der Waals surface area contributed by atoms with Crippen LogP contribution >= 0.6 is 46.7 Å². The molecule has 0 aromatic carbocycles. The van der Waals surface area contributed by atoms with Crippen molar-refractivity contribution in [2.75, 3.05) is 20.6 Å². The van der Waals surface area contributed by atoms with Crippen LogP contribution in [0.1, 0.15) is 15.6 Å². The van der Waals surface area contributed by atoms with Gasteiger partial charge in [-0.2, -0.15) is 0 Å². The van der Waals surface area contributed by atoms with Crippen LogP contribution in [0.4, 0.5) is 0 Å². The normalized spacial score (nSPS) is 11.1. The van der Waals surface area contributed by atoms with Crippen molar-refractivity contribution in [1.82, 2.24) is 15.2 Å². The van der Waals surface area contributed by atoms with Gasteiger partial charge in [0.05, 0.1) is 6.54 Å². The first-order valence-corrected chi connectivity index (χ1v) is 8.30. The van der Waals surface area contributed by atoms with Crippen LogP contribution < -0.4 is 5.32 Å². The summed E-state index contributed by atoms with van der Waals surface area (Å²) in [5.74, 6) is 0.911. The summed E-state index contributed by atoms with van der Waals surface area (Å²) < 4.78 is 0. The summed E-state index contributed by atoms with van der Waals surface area (Å²) in [6.07, 6.45) is 1.05. The maximum atomic E-state index is 4.45. The monoisotopic (exact) mass is 436 g/mol. The summed E-state index contributed by atoms with van der Waals surface area (Å²) in [6.45, 7) is 3.70. The second-order valence-corrected chi connectivity index (χ2v) is 6.51. The molecule has 0 aliphatic rings. The van der Waals surface area contributed by atoms with Crippen LogP contribution in [-0.4, -0.2) is 36.5 Å². The van der Waals surface area contributed by atoms with Crippen LogP contribution in [0.3, 0.4) is 0 Å². The summed E-state index contributed by atoms with van der Waals surface area (Å²) in [6, 6.07) is 4.27. The van der Waals surface area contributed by atoms with E-state index < -0.39 is 0 Å². The Morgan fingerprint density at radius 3 is 2.81 bits per heavy atom. The number of aryl methyl sites for hydroxylation is 1. The molecule has 4 nitrogen and oxygen atoms in total. The average Bonchev–Trinajstić information content (AvgIpc) is 3.08. The lowest BCUT2D eigenvalue weighted by molar-refractivity contribution is 0.486.